The van der Waals surface area contributed by atoms with Crippen LogP contribution in [0.5, 0.6) is 0 Å². The molecule has 0 amide bonds. The molecule has 2 aliphatic rings. The van der Waals surface area contributed by atoms with Gasteiger partial charge >= 0.3 is 5.97 Å². The molecule has 0 aromatic heterocycles. The molecule has 0 heterocycles. The van der Waals surface area contributed by atoms with E-state index in [4.69, 9.17) is 10.5 Å². The standard InChI is InChI=1S/C12H21NO2/c1-9(14)15-12(8-13)6-5-10-3-2-4-11(12)7-10/h10-11H,2-8,13H2,1H3. The SMILES string of the molecule is CC(=O)OC1(CN)CCC2CCCC1C2. The van der Waals surface area contributed by atoms with E-state index in [0.717, 1.165) is 12.3 Å². The van der Waals surface area contributed by atoms with Crippen molar-refractivity contribution in [1.82, 2.24) is 0 Å². The highest BCUT2D eigenvalue weighted by molar-refractivity contribution is 5.66. The number of hydrogen-bond donors (Lipinski definition) is 1. The van der Waals surface area contributed by atoms with Crippen LogP contribution in [0.2, 0.25) is 0 Å². The Kier molecular flexibility index (Phi) is 3.01. The molecule has 2 rings (SSSR count). The third-order valence-corrected chi connectivity index (χ3v) is 4.20. The molecule has 3 unspecified atom stereocenters. The Hall–Kier alpha value is -0.570. The van der Waals surface area contributed by atoms with Crippen LogP contribution in [0.15, 0.2) is 0 Å². The molecule has 15 heavy (non-hydrogen) atoms. The lowest BCUT2D eigenvalue weighted by Crippen LogP contribution is -2.52. The number of nitrogens with two attached hydrogens (primary N) is 1. The summed E-state index contributed by atoms with van der Waals surface area (Å²) in [5, 5.41) is 0. The van der Waals surface area contributed by atoms with Crippen molar-refractivity contribution >= 4 is 5.97 Å². The Balaban J connectivity index is 2.13. The summed E-state index contributed by atoms with van der Waals surface area (Å²) in [5.74, 6) is 1.20. The van der Waals surface area contributed by atoms with Gasteiger partial charge in [0.25, 0.3) is 0 Å². The number of esters is 1. The van der Waals surface area contributed by atoms with Gasteiger partial charge < -0.3 is 10.5 Å². The van der Waals surface area contributed by atoms with Gasteiger partial charge in [-0.25, -0.2) is 0 Å². The summed E-state index contributed by atoms with van der Waals surface area (Å²) in [6, 6.07) is 0. The molecule has 2 aliphatic carbocycles. The van der Waals surface area contributed by atoms with E-state index in [0.29, 0.717) is 12.5 Å². The van der Waals surface area contributed by atoms with Crippen molar-refractivity contribution in [3.8, 4) is 0 Å². The fourth-order valence-corrected chi connectivity index (χ4v) is 3.41. The van der Waals surface area contributed by atoms with Crippen molar-refractivity contribution in [3.05, 3.63) is 0 Å². The zero-order chi connectivity index (χ0) is 10.9. The Labute approximate surface area is 91.4 Å². The van der Waals surface area contributed by atoms with Gasteiger partial charge in [0.05, 0.1) is 0 Å². The van der Waals surface area contributed by atoms with Crippen LogP contribution in [-0.2, 0) is 9.53 Å². The van der Waals surface area contributed by atoms with Gasteiger partial charge in [-0.15, -0.1) is 0 Å². The average Bonchev–Trinajstić information content (AvgIpc) is 2.23. The van der Waals surface area contributed by atoms with E-state index in [1.54, 1.807) is 0 Å². The molecule has 2 fully saturated rings. The molecule has 0 spiro atoms. The topological polar surface area (TPSA) is 52.3 Å². The molecule has 2 saturated carbocycles. The molecule has 86 valence electrons. The van der Waals surface area contributed by atoms with E-state index in [2.05, 4.69) is 0 Å². The largest absolute Gasteiger partial charge is 0.458 e. The Bertz CT molecular complexity index is 254. The normalized spacial score (nSPS) is 39.9. The lowest BCUT2D eigenvalue weighted by Gasteiger charge is -2.48. The third-order valence-electron chi connectivity index (χ3n) is 4.20. The summed E-state index contributed by atoms with van der Waals surface area (Å²) in [5.41, 5.74) is 5.51. The molecule has 3 heteroatoms. The van der Waals surface area contributed by atoms with Crippen LogP contribution in [0.1, 0.15) is 45.4 Å². The van der Waals surface area contributed by atoms with Gasteiger partial charge in [0.15, 0.2) is 0 Å². The van der Waals surface area contributed by atoms with Gasteiger partial charge in [0.2, 0.25) is 0 Å². The van der Waals surface area contributed by atoms with Crippen LogP contribution < -0.4 is 5.73 Å². The van der Waals surface area contributed by atoms with Gasteiger partial charge in [-0.2, -0.15) is 0 Å². The Morgan fingerprint density at radius 1 is 1.47 bits per heavy atom. The van der Waals surface area contributed by atoms with Crippen LogP contribution in [0.25, 0.3) is 0 Å². The minimum atomic E-state index is -0.331. The zero-order valence-electron chi connectivity index (χ0n) is 9.50. The van der Waals surface area contributed by atoms with E-state index in [1.807, 2.05) is 0 Å². The van der Waals surface area contributed by atoms with Gasteiger partial charge in [-0.3, -0.25) is 4.79 Å². The average molecular weight is 211 g/mol. The van der Waals surface area contributed by atoms with Crippen LogP contribution in [0.3, 0.4) is 0 Å². The van der Waals surface area contributed by atoms with Gasteiger partial charge in [-0.1, -0.05) is 12.8 Å². The van der Waals surface area contributed by atoms with Crippen molar-refractivity contribution in [2.24, 2.45) is 17.6 Å². The summed E-state index contributed by atoms with van der Waals surface area (Å²) >= 11 is 0. The molecule has 3 nitrogen and oxygen atoms in total. The van der Waals surface area contributed by atoms with E-state index in [9.17, 15) is 4.79 Å². The van der Waals surface area contributed by atoms with Crippen molar-refractivity contribution in [1.29, 1.82) is 0 Å². The summed E-state index contributed by atoms with van der Waals surface area (Å²) in [7, 11) is 0. The maximum atomic E-state index is 11.2. The minimum absolute atomic E-state index is 0.176. The molecule has 0 aromatic rings. The van der Waals surface area contributed by atoms with Crippen LogP contribution in [0, 0.1) is 11.8 Å². The second-order valence-corrected chi connectivity index (χ2v) is 5.13. The summed E-state index contributed by atoms with van der Waals surface area (Å²) in [4.78, 5) is 11.2. The number of rotatable bonds is 2. The first kappa shape index (κ1) is 10.9. The highest BCUT2D eigenvalue weighted by atomic mass is 16.6. The third kappa shape index (κ3) is 2.03. The highest BCUT2D eigenvalue weighted by Crippen LogP contribution is 2.46. The van der Waals surface area contributed by atoms with Crippen molar-refractivity contribution in [2.45, 2.75) is 51.0 Å². The quantitative estimate of drug-likeness (QED) is 0.709. The number of carbonyl (C=O) groups excluding carboxylic acids is 1. The molecule has 0 radical (unpaired) electrons. The van der Waals surface area contributed by atoms with Crippen molar-refractivity contribution in [2.75, 3.05) is 6.54 Å². The maximum Gasteiger partial charge on any atom is 0.303 e. The first-order valence-electron chi connectivity index (χ1n) is 6.06. The fourth-order valence-electron chi connectivity index (χ4n) is 3.41. The molecule has 2 N–H and O–H groups in total. The fraction of sp³-hybridized carbons (Fsp3) is 0.917. The molecular formula is C12H21NO2. The van der Waals surface area contributed by atoms with Crippen molar-refractivity contribution in [3.63, 3.8) is 0 Å². The van der Waals surface area contributed by atoms with Gasteiger partial charge in [0.1, 0.15) is 5.60 Å². The van der Waals surface area contributed by atoms with Crippen LogP contribution >= 0.6 is 0 Å². The second-order valence-electron chi connectivity index (χ2n) is 5.13. The summed E-state index contributed by atoms with van der Waals surface area (Å²) in [6.07, 6.45) is 7.18. The number of carbonyl (C=O) groups is 1. The van der Waals surface area contributed by atoms with Gasteiger partial charge in [0, 0.05) is 19.4 Å². The maximum absolute atomic E-state index is 11.2. The zero-order valence-corrected chi connectivity index (χ0v) is 9.50. The highest BCUT2D eigenvalue weighted by Gasteiger charge is 2.46. The first-order valence-corrected chi connectivity index (χ1v) is 6.06. The summed E-state index contributed by atoms with van der Waals surface area (Å²) < 4.78 is 5.55. The molecule has 0 saturated heterocycles. The van der Waals surface area contributed by atoms with E-state index < -0.39 is 0 Å². The molecular weight excluding hydrogens is 190 g/mol. The Morgan fingerprint density at radius 2 is 2.27 bits per heavy atom. The molecule has 3 atom stereocenters. The number of hydrogen-bond acceptors (Lipinski definition) is 3. The predicted octanol–water partition coefficient (Wildman–Crippen LogP) is 1.85. The van der Waals surface area contributed by atoms with E-state index in [1.165, 1.54) is 39.0 Å². The van der Waals surface area contributed by atoms with Crippen LogP contribution in [0.4, 0.5) is 0 Å². The van der Waals surface area contributed by atoms with E-state index >= 15 is 0 Å². The lowest BCUT2D eigenvalue weighted by molar-refractivity contribution is -0.171. The number of fused-ring (bicyclic) bond motifs is 2. The first-order chi connectivity index (χ1) is 7.16. The lowest BCUT2D eigenvalue weighted by atomic mass is 9.64. The summed E-state index contributed by atoms with van der Waals surface area (Å²) in [6.45, 7) is 1.98. The monoisotopic (exact) mass is 211 g/mol. The molecule has 2 bridgehead atoms. The van der Waals surface area contributed by atoms with Crippen molar-refractivity contribution < 1.29 is 9.53 Å². The van der Waals surface area contributed by atoms with E-state index in [-0.39, 0.29) is 11.6 Å². The minimum Gasteiger partial charge on any atom is -0.458 e. The molecule has 0 aliphatic heterocycles. The predicted molar refractivity (Wildman–Crippen MR) is 58.2 cm³/mol. The second kappa shape index (κ2) is 4.12. The van der Waals surface area contributed by atoms with Crippen LogP contribution in [-0.4, -0.2) is 18.1 Å². The van der Waals surface area contributed by atoms with Gasteiger partial charge in [-0.05, 0) is 31.6 Å². The smallest absolute Gasteiger partial charge is 0.303 e. The number of ether oxygens (including phenoxy) is 1. The Morgan fingerprint density at radius 3 is 2.93 bits per heavy atom. The molecule has 0 aromatic carbocycles.